The lowest BCUT2D eigenvalue weighted by atomic mass is 10.0. The average molecular weight is 270 g/mol. The van der Waals surface area contributed by atoms with Crippen molar-refractivity contribution in [2.24, 2.45) is 0 Å². The molecule has 0 atom stereocenters. The third-order valence-electron chi connectivity index (χ3n) is 3.26. The number of benzene rings is 2. The molecular weight excluding hydrogens is 256 g/mol. The van der Waals surface area contributed by atoms with Gasteiger partial charge in [0, 0.05) is 29.7 Å². The smallest absolute Gasteiger partial charge is 0.172 e. The summed E-state index contributed by atoms with van der Waals surface area (Å²) in [5.74, 6) is 1.66. The summed E-state index contributed by atoms with van der Waals surface area (Å²) < 4.78 is 11.2. The van der Waals surface area contributed by atoms with Crippen LogP contribution in [0.15, 0.2) is 48.2 Å². The third kappa shape index (κ3) is 2.05. The number of ether oxygens (including phenoxy) is 2. The number of hydrogen-bond acceptors (Lipinski definition) is 4. The number of allylic oxidation sites excluding steroid dienone is 1. The molecule has 0 saturated heterocycles. The maximum absolute atomic E-state index is 9.89. The number of rotatable bonds is 2. The van der Waals surface area contributed by atoms with E-state index in [2.05, 4.69) is 0 Å². The highest BCUT2D eigenvalue weighted by Crippen LogP contribution is 2.41. The zero-order valence-electron chi connectivity index (χ0n) is 11.0. The molecule has 0 unspecified atom stereocenters. The molecule has 102 valence electrons. The van der Waals surface area contributed by atoms with Gasteiger partial charge in [0.15, 0.2) is 5.76 Å². The van der Waals surface area contributed by atoms with Gasteiger partial charge in [0.25, 0.3) is 0 Å². The van der Waals surface area contributed by atoms with Crippen molar-refractivity contribution in [2.45, 2.75) is 6.42 Å². The largest absolute Gasteiger partial charge is 0.508 e. The second-order valence-electron chi connectivity index (χ2n) is 4.54. The van der Waals surface area contributed by atoms with E-state index in [9.17, 15) is 10.2 Å². The Balaban J connectivity index is 2.09. The number of fused-ring (bicyclic) bond motifs is 1. The molecule has 0 saturated carbocycles. The van der Waals surface area contributed by atoms with Crippen molar-refractivity contribution in [3.63, 3.8) is 0 Å². The van der Waals surface area contributed by atoms with Crippen LogP contribution in [-0.2, 0) is 11.2 Å². The minimum Gasteiger partial charge on any atom is -0.508 e. The summed E-state index contributed by atoms with van der Waals surface area (Å²) in [6, 6.07) is 12.4. The minimum absolute atomic E-state index is 0.00154. The van der Waals surface area contributed by atoms with Crippen LogP contribution in [0.1, 0.15) is 11.1 Å². The van der Waals surface area contributed by atoms with Crippen LogP contribution >= 0.6 is 0 Å². The van der Waals surface area contributed by atoms with E-state index in [0.29, 0.717) is 29.3 Å². The highest BCUT2D eigenvalue weighted by atomic mass is 16.5. The van der Waals surface area contributed by atoms with Crippen molar-refractivity contribution in [2.75, 3.05) is 7.11 Å². The van der Waals surface area contributed by atoms with Crippen LogP contribution in [0, 0.1) is 0 Å². The van der Waals surface area contributed by atoms with E-state index < -0.39 is 0 Å². The molecule has 2 N–H and O–H groups in total. The summed E-state index contributed by atoms with van der Waals surface area (Å²) in [5, 5.41) is 19.5. The van der Waals surface area contributed by atoms with E-state index in [1.165, 1.54) is 12.1 Å². The molecule has 0 fully saturated rings. The summed E-state index contributed by atoms with van der Waals surface area (Å²) >= 11 is 0. The normalized spacial score (nSPS) is 13.7. The van der Waals surface area contributed by atoms with E-state index in [4.69, 9.17) is 9.47 Å². The molecule has 0 spiro atoms. The van der Waals surface area contributed by atoms with Crippen LogP contribution < -0.4 is 4.74 Å². The molecule has 0 aliphatic carbocycles. The monoisotopic (exact) mass is 270 g/mol. The fourth-order valence-electron chi connectivity index (χ4n) is 2.27. The predicted molar refractivity (Wildman–Crippen MR) is 74.5 cm³/mol. The Labute approximate surface area is 116 Å². The predicted octanol–water partition coefficient (Wildman–Crippen LogP) is 3.05. The van der Waals surface area contributed by atoms with Crippen LogP contribution in [0.4, 0.5) is 0 Å². The number of hydrogen-bond donors (Lipinski definition) is 2. The Hall–Kier alpha value is -2.62. The van der Waals surface area contributed by atoms with E-state index >= 15 is 0 Å². The SMILES string of the molecule is COC1=C(c2ccccc2)Oc2cc(O)cc(O)c2C1. The summed E-state index contributed by atoms with van der Waals surface area (Å²) in [6.45, 7) is 0. The maximum atomic E-state index is 9.89. The standard InChI is InChI=1S/C16H14O4/c1-19-15-9-12-13(18)7-11(17)8-14(12)20-16(15)10-5-3-2-4-6-10/h2-8,17-18H,9H2,1H3. The Morgan fingerprint density at radius 3 is 2.55 bits per heavy atom. The molecule has 2 aromatic carbocycles. The highest BCUT2D eigenvalue weighted by Gasteiger charge is 2.25. The van der Waals surface area contributed by atoms with Gasteiger partial charge in [0.2, 0.25) is 0 Å². The topological polar surface area (TPSA) is 58.9 Å². The van der Waals surface area contributed by atoms with Gasteiger partial charge in [-0.15, -0.1) is 0 Å². The van der Waals surface area contributed by atoms with Gasteiger partial charge in [0.05, 0.1) is 7.11 Å². The zero-order chi connectivity index (χ0) is 14.1. The van der Waals surface area contributed by atoms with E-state index in [1.54, 1.807) is 7.11 Å². The number of aromatic hydroxyl groups is 2. The Kier molecular flexibility index (Phi) is 2.99. The zero-order valence-corrected chi connectivity index (χ0v) is 11.0. The van der Waals surface area contributed by atoms with Crippen molar-refractivity contribution in [1.82, 2.24) is 0 Å². The van der Waals surface area contributed by atoms with Crippen molar-refractivity contribution in [3.8, 4) is 17.2 Å². The molecule has 0 radical (unpaired) electrons. The van der Waals surface area contributed by atoms with Crippen LogP contribution in [0.5, 0.6) is 17.2 Å². The number of methoxy groups -OCH3 is 1. The van der Waals surface area contributed by atoms with Crippen molar-refractivity contribution >= 4 is 5.76 Å². The fraction of sp³-hybridized carbons (Fsp3) is 0.125. The van der Waals surface area contributed by atoms with E-state index in [1.807, 2.05) is 30.3 Å². The first-order valence-corrected chi connectivity index (χ1v) is 6.24. The molecule has 3 rings (SSSR count). The first kappa shape index (κ1) is 12.4. The first-order valence-electron chi connectivity index (χ1n) is 6.24. The molecule has 0 aromatic heterocycles. The third-order valence-corrected chi connectivity index (χ3v) is 3.26. The lowest BCUT2D eigenvalue weighted by molar-refractivity contribution is 0.264. The molecule has 4 heteroatoms. The van der Waals surface area contributed by atoms with Gasteiger partial charge in [-0.2, -0.15) is 0 Å². The summed E-state index contributed by atoms with van der Waals surface area (Å²) in [6.07, 6.45) is 0.419. The molecule has 4 nitrogen and oxygen atoms in total. The van der Waals surface area contributed by atoms with Crippen molar-refractivity contribution in [1.29, 1.82) is 0 Å². The molecule has 1 aliphatic rings. The number of phenols is 2. The Morgan fingerprint density at radius 1 is 1.10 bits per heavy atom. The van der Waals surface area contributed by atoms with Crippen molar-refractivity contribution < 1.29 is 19.7 Å². The number of phenolic OH excluding ortho intramolecular Hbond substituents is 2. The van der Waals surface area contributed by atoms with E-state index in [-0.39, 0.29) is 11.5 Å². The van der Waals surface area contributed by atoms with Gasteiger partial charge in [0.1, 0.15) is 23.0 Å². The molecule has 0 bridgehead atoms. The van der Waals surface area contributed by atoms with Crippen LogP contribution in [0.3, 0.4) is 0 Å². The fourth-order valence-corrected chi connectivity index (χ4v) is 2.27. The molecule has 1 heterocycles. The summed E-state index contributed by atoms with van der Waals surface area (Å²) in [4.78, 5) is 0. The van der Waals surface area contributed by atoms with Crippen LogP contribution in [0.2, 0.25) is 0 Å². The summed E-state index contributed by atoms with van der Waals surface area (Å²) in [5.41, 5.74) is 1.50. The second-order valence-corrected chi connectivity index (χ2v) is 4.54. The average Bonchev–Trinajstić information content (AvgIpc) is 2.47. The maximum Gasteiger partial charge on any atom is 0.172 e. The molecular formula is C16H14O4. The second kappa shape index (κ2) is 4.81. The van der Waals surface area contributed by atoms with Crippen LogP contribution in [-0.4, -0.2) is 17.3 Å². The highest BCUT2D eigenvalue weighted by molar-refractivity contribution is 5.69. The lowest BCUT2D eigenvalue weighted by Crippen LogP contribution is -2.11. The molecule has 1 aliphatic heterocycles. The van der Waals surface area contributed by atoms with E-state index in [0.717, 1.165) is 5.56 Å². The molecule has 2 aromatic rings. The quantitative estimate of drug-likeness (QED) is 0.880. The van der Waals surface area contributed by atoms with Gasteiger partial charge < -0.3 is 19.7 Å². The van der Waals surface area contributed by atoms with Gasteiger partial charge in [-0.3, -0.25) is 0 Å². The minimum atomic E-state index is -0.0328. The molecule has 20 heavy (non-hydrogen) atoms. The molecule has 0 amide bonds. The van der Waals surface area contributed by atoms with Gasteiger partial charge in [-0.1, -0.05) is 30.3 Å². The summed E-state index contributed by atoms with van der Waals surface area (Å²) in [7, 11) is 1.57. The van der Waals surface area contributed by atoms with Crippen LogP contribution in [0.25, 0.3) is 5.76 Å². The van der Waals surface area contributed by atoms with Gasteiger partial charge in [-0.25, -0.2) is 0 Å². The lowest BCUT2D eigenvalue weighted by Gasteiger charge is -2.23. The van der Waals surface area contributed by atoms with Crippen molar-refractivity contribution in [3.05, 3.63) is 59.4 Å². The van der Waals surface area contributed by atoms with Gasteiger partial charge >= 0.3 is 0 Å². The Bertz CT molecular complexity index is 674. The van der Waals surface area contributed by atoms with Gasteiger partial charge in [-0.05, 0) is 0 Å². The Morgan fingerprint density at radius 2 is 1.85 bits per heavy atom. The first-order chi connectivity index (χ1) is 9.69.